The molecule has 0 bridgehead atoms. The summed E-state index contributed by atoms with van der Waals surface area (Å²) in [5.41, 5.74) is 0.439. The lowest BCUT2D eigenvalue weighted by Crippen LogP contribution is -2.08. The highest BCUT2D eigenvalue weighted by molar-refractivity contribution is 5.98. The van der Waals surface area contributed by atoms with E-state index in [0.29, 0.717) is 30.3 Å². The summed E-state index contributed by atoms with van der Waals surface area (Å²) in [7, 11) is 0. The maximum atomic E-state index is 11.9. The molecule has 100 valence electrons. The molecule has 0 saturated heterocycles. The van der Waals surface area contributed by atoms with E-state index >= 15 is 0 Å². The average molecular weight is 252 g/mol. The molecule has 1 N–H and O–H groups in total. The minimum Gasteiger partial charge on any atom is -0.504 e. The summed E-state index contributed by atoms with van der Waals surface area (Å²) >= 11 is 0. The summed E-state index contributed by atoms with van der Waals surface area (Å²) in [4.78, 5) is 11.9. The third-order valence-electron chi connectivity index (χ3n) is 2.43. The Morgan fingerprint density at radius 1 is 1.22 bits per heavy atom. The fraction of sp³-hybridized carbons (Fsp3) is 0.500. The molecule has 0 radical (unpaired) electrons. The first kappa shape index (κ1) is 14.4. The van der Waals surface area contributed by atoms with Crippen molar-refractivity contribution in [1.82, 2.24) is 0 Å². The summed E-state index contributed by atoms with van der Waals surface area (Å²) < 4.78 is 10.7. The van der Waals surface area contributed by atoms with E-state index in [1.165, 1.54) is 6.07 Å². The van der Waals surface area contributed by atoms with E-state index < -0.39 is 0 Å². The van der Waals surface area contributed by atoms with Gasteiger partial charge in [0.1, 0.15) is 0 Å². The minimum absolute atomic E-state index is 0.0331. The van der Waals surface area contributed by atoms with Crippen molar-refractivity contribution >= 4 is 5.78 Å². The minimum atomic E-state index is -0.128. The Bertz CT molecular complexity index is 424. The van der Waals surface area contributed by atoms with E-state index in [1.54, 1.807) is 6.07 Å². The van der Waals surface area contributed by atoms with E-state index in [1.807, 2.05) is 27.7 Å². The molecule has 0 unspecified atom stereocenters. The molecule has 0 atom stereocenters. The third kappa shape index (κ3) is 3.15. The third-order valence-corrected chi connectivity index (χ3v) is 2.43. The lowest BCUT2D eigenvalue weighted by atomic mass is 10.0. The summed E-state index contributed by atoms with van der Waals surface area (Å²) in [6.45, 7) is 8.16. The zero-order chi connectivity index (χ0) is 13.7. The van der Waals surface area contributed by atoms with Crippen LogP contribution in [0.5, 0.6) is 17.2 Å². The number of ketones is 1. The fourth-order valence-corrected chi connectivity index (χ4v) is 1.62. The molecule has 1 rings (SSSR count). The van der Waals surface area contributed by atoms with Crippen LogP contribution in [0.25, 0.3) is 0 Å². The van der Waals surface area contributed by atoms with Gasteiger partial charge in [-0.3, -0.25) is 4.79 Å². The van der Waals surface area contributed by atoms with Crippen LogP contribution in [0.2, 0.25) is 0 Å². The van der Waals surface area contributed by atoms with Crippen molar-refractivity contribution < 1.29 is 19.4 Å². The van der Waals surface area contributed by atoms with Crippen molar-refractivity contribution in [2.24, 2.45) is 5.92 Å². The van der Waals surface area contributed by atoms with Crippen LogP contribution in [0.3, 0.4) is 0 Å². The number of aromatic hydroxyl groups is 1. The maximum absolute atomic E-state index is 11.9. The van der Waals surface area contributed by atoms with Crippen molar-refractivity contribution in [3.05, 3.63) is 17.7 Å². The van der Waals surface area contributed by atoms with Gasteiger partial charge in [0.05, 0.1) is 13.2 Å². The SMILES string of the molecule is CCOc1cc(C(=O)C(C)C)cc(O)c1OCC. The molecule has 0 aliphatic heterocycles. The lowest BCUT2D eigenvalue weighted by molar-refractivity contribution is 0.0938. The summed E-state index contributed by atoms with van der Waals surface area (Å²) in [6, 6.07) is 3.05. The topological polar surface area (TPSA) is 55.8 Å². The van der Waals surface area contributed by atoms with E-state index in [0.717, 1.165) is 0 Å². The Morgan fingerprint density at radius 3 is 2.33 bits per heavy atom. The summed E-state index contributed by atoms with van der Waals surface area (Å²) in [5, 5.41) is 9.90. The maximum Gasteiger partial charge on any atom is 0.203 e. The molecule has 18 heavy (non-hydrogen) atoms. The quantitative estimate of drug-likeness (QED) is 0.791. The van der Waals surface area contributed by atoms with E-state index in [2.05, 4.69) is 0 Å². The number of carbonyl (C=O) groups is 1. The number of ether oxygens (including phenoxy) is 2. The Balaban J connectivity index is 3.22. The van der Waals surface area contributed by atoms with Crippen LogP contribution in [0.4, 0.5) is 0 Å². The van der Waals surface area contributed by atoms with E-state index in [4.69, 9.17) is 9.47 Å². The van der Waals surface area contributed by atoms with Crippen LogP contribution in [-0.2, 0) is 0 Å². The highest BCUT2D eigenvalue weighted by Gasteiger charge is 2.18. The molecule has 0 aliphatic rings. The van der Waals surface area contributed by atoms with Gasteiger partial charge in [0.25, 0.3) is 0 Å². The van der Waals surface area contributed by atoms with E-state index in [9.17, 15) is 9.90 Å². The van der Waals surface area contributed by atoms with Gasteiger partial charge in [-0.2, -0.15) is 0 Å². The second kappa shape index (κ2) is 6.28. The number of Topliss-reactive ketones (excluding diaryl/α,β-unsaturated/α-hetero) is 1. The van der Waals surface area contributed by atoms with Gasteiger partial charge >= 0.3 is 0 Å². The zero-order valence-electron chi connectivity index (χ0n) is 11.3. The molecular formula is C14H20O4. The van der Waals surface area contributed by atoms with Gasteiger partial charge < -0.3 is 14.6 Å². The number of hydrogen-bond acceptors (Lipinski definition) is 4. The molecule has 0 spiro atoms. The van der Waals surface area contributed by atoms with Crippen molar-refractivity contribution in [2.45, 2.75) is 27.7 Å². The van der Waals surface area contributed by atoms with Crippen LogP contribution in [0.15, 0.2) is 12.1 Å². The van der Waals surface area contributed by atoms with Crippen LogP contribution < -0.4 is 9.47 Å². The van der Waals surface area contributed by atoms with Crippen molar-refractivity contribution in [3.63, 3.8) is 0 Å². The number of carbonyl (C=O) groups excluding carboxylic acids is 1. The first-order chi connectivity index (χ1) is 8.51. The van der Waals surface area contributed by atoms with Crippen molar-refractivity contribution in [2.75, 3.05) is 13.2 Å². The van der Waals surface area contributed by atoms with Crippen LogP contribution in [-0.4, -0.2) is 24.1 Å². The van der Waals surface area contributed by atoms with Gasteiger partial charge in [0.15, 0.2) is 17.3 Å². The highest BCUT2D eigenvalue weighted by atomic mass is 16.5. The van der Waals surface area contributed by atoms with Gasteiger partial charge in [-0.05, 0) is 26.0 Å². The fourth-order valence-electron chi connectivity index (χ4n) is 1.62. The number of hydrogen-bond donors (Lipinski definition) is 1. The van der Waals surface area contributed by atoms with E-state index in [-0.39, 0.29) is 17.5 Å². The van der Waals surface area contributed by atoms with Gasteiger partial charge in [0.2, 0.25) is 5.75 Å². The summed E-state index contributed by atoms with van der Waals surface area (Å²) in [5.74, 6) is 0.473. The molecule has 0 heterocycles. The Hall–Kier alpha value is -1.71. The summed E-state index contributed by atoms with van der Waals surface area (Å²) in [6.07, 6.45) is 0. The van der Waals surface area contributed by atoms with Gasteiger partial charge in [0, 0.05) is 11.5 Å². The van der Waals surface area contributed by atoms with Crippen molar-refractivity contribution in [1.29, 1.82) is 0 Å². The molecule has 4 nitrogen and oxygen atoms in total. The predicted octanol–water partition coefficient (Wildman–Crippen LogP) is 3.03. The number of benzene rings is 1. The van der Waals surface area contributed by atoms with Gasteiger partial charge in [-0.1, -0.05) is 13.8 Å². The molecule has 1 aromatic rings. The highest BCUT2D eigenvalue weighted by Crippen LogP contribution is 2.38. The second-order valence-corrected chi connectivity index (χ2v) is 4.21. The smallest absolute Gasteiger partial charge is 0.203 e. The number of phenolic OH excluding ortho intramolecular Hbond substituents is 1. The first-order valence-corrected chi connectivity index (χ1v) is 6.18. The van der Waals surface area contributed by atoms with Gasteiger partial charge in [-0.25, -0.2) is 0 Å². The van der Waals surface area contributed by atoms with Crippen LogP contribution >= 0.6 is 0 Å². The first-order valence-electron chi connectivity index (χ1n) is 6.18. The lowest BCUT2D eigenvalue weighted by Gasteiger charge is -2.14. The number of phenols is 1. The van der Waals surface area contributed by atoms with Crippen molar-refractivity contribution in [3.8, 4) is 17.2 Å². The molecule has 0 fully saturated rings. The molecule has 0 amide bonds. The Labute approximate surface area is 108 Å². The largest absolute Gasteiger partial charge is 0.504 e. The molecule has 0 aliphatic carbocycles. The molecular weight excluding hydrogens is 232 g/mol. The predicted molar refractivity (Wildman–Crippen MR) is 69.6 cm³/mol. The molecule has 0 aromatic heterocycles. The second-order valence-electron chi connectivity index (χ2n) is 4.21. The monoisotopic (exact) mass is 252 g/mol. The standard InChI is InChI=1S/C14H20O4/c1-5-17-12-8-10(13(16)9(3)4)7-11(15)14(12)18-6-2/h7-9,15H,5-6H2,1-4H3. The Kier molecular flexibility index (Phi) is 5.01. The Morgan fingerprint density at radius 2 is 1.83 bits per heavy atom. The normalized spacial score (nSPS) is 10.5. The molecule has 1 aromatic carbocycles. The number of rotatable bonds is 6. The van der Waals surface area contributed by atoms with Gasteiger partial charge in [-0.15, -0.1) is 0 Å². The molecule has 4 heteroatoms. The molecule has 0 saturated carbocycles. The van der Waals surface area contributed by atoms with Crippen LogP contribution in [0.1, 0.15) is 38.1 Å². The zero-order valence-corrected chi connectivity index (χ0v) is 11.3. The average Bonchev–Trinajstić information content (AvgIpc) is 2.32. The van der Waals surface area contributed by atoms with Crippen LogP contribution in [0, 0.1) is 5.92 Å².